The minimum atomic E-state index is -0.0663. The molecule has 24 heavy (non-hydrogen) atoms. The van der Waals surface area contributed by atoms with Gasteiger partial charge in [0.05, 0.1) is 29.9 Å². The molecular formula is C18H17Cl2N2O2+. The summed E-state index contributed by atoms with van der Waals surface area (Å²) >= 11 is 12.3. The highest BCUT2D eigenvalue weighted by atomic mass is 35.5. The topological polar surface area (TPSA) is 61.9 Å². The summed E-state index contributed by atoms with van der Waals surface area (Å²) in [5.74, 6) is 0.926. The molecule has 124 valence electrons. The fourth-order valence-electron chi connectivity index (χ4n) is 3.53. The van der Waals surface area contributed by atoms with Gasteiger partial charge in [0, 0.05) is 22.3 Å². The molecule has 0 unspecified atom stereocenters. The van der Waals surface area contributed by atoms with E-state index in [0.717, 1.165) is 40.9 Å². The van der Waals surface area contributed by atoms with E-state index in [1.165, 1.54) is 5.56 Å². The van der Waals surface area contributed by atoms with Gasteiger partial charge in [0.25, 0.3) is 0 Å². The van der Waals surface area contributed by atoms with E-state index in [4.69, 9.17) is 27.9 Å². The number of phenols is 1. The number of aromatic amines is 1. The second kappa shape index (κ2) is 5.88. The van der Waals surface area contributed by atoms with Crippen molar-refractivity contribution in [2.24, 2.45) is 0 Å². The van der Waals surface area contributed by atoms with E-state index in [1.807, 2.05) is 12.1 Å². The minimum absolute atomic E-state index is 0.0663. The fourth-order valence-corrected chi connectivity index (χ4v) is 4.04. The molecule has 1 aliphatic rings. The number of phenolic OH excluding ortho intramolecular Hbond substituents is 1. The van der Waals surface area contributed by atoms with Crippen LogP contribution in [-0.2, 0) is 6.42 Å². The van der Waals surface area contributed by atoms with Gasteiger partial charge in [-0.05, 0) is 35.9 Å². The Balaban J connectivity index is 1.91. The maximum absolute atomic E-state index is 10.4. The van der Waals surface area contributed by atoms with Crippen LogP contribution >= 0.6 is 23.2 Å². The summed E-state index contributed by atoms with van der Waals surface area (Å²) in [6.45, 7) is 0.922. The van der Waals surface area contributed by atoms with E-state index in [1.54, 1.807) is 19.2 Å². The molecule has 0 spiro atoms. The molecule has 2 heterocycles. The van der Waals surface area contributed by atoms with Crippen molar-refractivity contribution in [1.29, 1.82) is 0 Å². The first kappa shape index (κ1) is 15.6. The predicted octanol–water partition coefficient (Wildman–Crippen LogP) is 3.40. The number of hydrogen-bond acceptors (Lipinski definition) is 2. The molecule has 4 nitrogen and oxygen atoms in total. The van der Waals surface area contributed by atoms with Gasteiger partial charge >= 0.3 is 0 Å². The molecule has 0 saturated heterocycles. The van der Waals surface area contributed by atoms with Gasteiger partial charge in [0.15, 0.2) is 6.04 Å². The van der Waals surface area contributed by atoms with Gasteiger partial charge in [-0.25, -0.2) is 0 Å². The molecule has 0 fully saturated rings. The summed E-state index contributed by atoms with van der Waals surface area (Å²) < 4.78 is 5.35. The number of aromatic nitrogens is 1. The summed E-state index contributed by atoms with van der Waals surface area (Å²) in [5, 5.41) is 14.6. The summed E-state index contributed by atoms with van der Waals surface area (Å²) in [5.41, 5.74) is 4.13. The van der Waals surface area contributed by atoms with Crippen molar-refractivity contribution in [2.75, 3.05) is 13.7 Å². The van der Waals surface area contributed by atoms with Crippen LogP contribution in [0.2, 0.25) is 10.0 Å². The Morgan fingerprint density at radius 2 is 2.08 bits per heavy atom. The number of hydrogen-bond donors (Lipinski definition) is 3. The summed E-state index contributed by atoms with van der Waals surface area (Å²) in [6, 6.07) is 9.29. The second-order valence-electron chi connectivity index (χ2n) is 6.01. The lowest BCUT2D eigenvalue weighted by Crippen LogP contribution is -2.87. The zero-order valence-electron chi connectivity index (χ0n) is 13.1. The number of nitrogens with two attached hydrogens (primary N) is 1. The van der Waals surface area contributed by atoms with Gasteiger partial charge < -0.3 is 20.1 Å². The van der Waals surface area contributed by atoms with Gasteiger partial charge in [-0.3, -0.25) is 0 Å². The van der Waals surface area contributed by atoms with E-state index in [9.17, 15) is 5.11 Å². The molecule has 6 heteroatoms. The lowest BCUT2D eigenvalue weighted by Gasteiger charge is -2.22. The van der Waals surface area contributed by atoms with E-state index in [2.05, 4.69) is 16.4 Å². The maximum atomic E-state index is 10.4. The number of fused-ring (bicyclic) bond motifs is 3. The quantitative estimate of drug-likeness (QED) is 0.653. The zero-order chi connectivity index (χ0) is 16.8. The highest BCUT2D eigenvalue weighted by Crippen LogP contribution is 2.39. The molecule has 0 bridgehead atoms. The van der Waals surface area contributed by atoms with Gasteiger partial charge in [-0.15, -0.1) is 0 Å². The van der Waals surface area contributed by atoms with Gasteiger partial charge in [0.1, 0.15) is 11.5 Å². The largest absolute Gasteiger partial charge is 0.506 e. The van der Waals surface area contributed by atoms with E-state index in [-0.39, 0.29) is 16.8 Å². The minimum Gasteiger partial charge on any atom is -0.506 e. The number of aromatic hydroxyl groups is 1. The molecule has 0 amide bonds. The highest BCUT2D eigenvalue weighted by molar-refractivity contribution is 6.35. The van der Waals surface area contributed by atoms with Crippen LogP contribution in [0, 0.1) is 0 Å². The van der Waals surface area contributed by atoms with Crippen LogP contribution in [0.1, 0.15) is 22.9 Å². The lowest BCUT2D eigenvalue weighted by atomic mass is 9.94. The number of methoxy groups -OCH3 is 1. The van der Waals surface area contributed by atoms with Crippen LogP contribution in [0.3, 0.4) is 0 Å². The summed E-state index contributed by atoms with van der Waals surface area (Å²) in [4.78, 5) is 3.50. The van der Waals surface area contributed by atoms with Crippen LogP contribution in [0.15, 0.2) is 30.3 Å². The molecule has 0 saturated carbocycles. The Bertz CT molecular complexity index is 936. The Kier molecular flexibility index (Phi) is 3.83. The molecule has 4 rings (SSSR count). The number of quaternary nitrogens is 1. The first-order valence-electron chi connectivity index (χ1n) is 7.78. The van der Waals surface area contributed by atoms with Gasteiger partial charge in [-0.1, -0.05) is 23.2 Å². The Labute approximate surface area is 149 Å². The first-order valence-corrected chi connectivity index (χ1v) is 8.54. The molecule has 1 atom stereocenters. The van der Waals surface area contributed by atoms with Crippen LogP contribution < -0.4 is 10.1 Å². The number of H-pyrrole nitrogens is 1. The third kappa shape index (κ3) is 2.42. The molecule has 4 N–H and O–H groups in total. The van der Waals surface area contributed by atoms with Crippen molar-refractivity contribution < 1.29 is 15.2 Å². The third-order valence-electron chi connectivity index (χ3n) is 4.65. The normalized spacial score (nSPS) is 17.0. The third-order valence-corrected chi connectivity index (χ3v) is 5.15. The van der Waals surface area contributed by atoms with Crippen molar-refractivity contribution >= 4 is 34.1 Å². The van der Waals surface area contributed by atoms with Crippen molar-refractivity contribution in [3.05, 3.63) is 57.2 Å². The van der Waals surface area contributed by atoms with Crippen molar-refractivity contribution in [3.63, 3.8) is 0 Å². The average molecular weight is 364 g/mol. The first-order chi connectivity index (χ1) is 11.6. The molecule has 1 aliphatic heterocycles. The second-order valence-corrected chi connectivity index (χ2v) is 6.85. The van der Waals surface area contributed by atoms with Crippen LogP contribution in [0.5, 0.6) is 11.5 Å². The van der Waals surface area contributed by atoms with Crippen molar-refractivity contribution in [2.45, 2.75) is 12.5 Å². The maximum Gasteiger partial charge on any atom is 0.156 e. The highest BCUT2D eigenvalue weighted by Gasteiger charge is 2.31. The molecular weight excluding hydrogens is 347 g/mol. The number of rotatable bonds is 2. The summed E-state index contributed by atoms with van der Waals surface area (Å²) in [7, 11) is 1.67. The molecule has 0 radical (unpaired) electrons. The Hall–Kier alpha value is -1.88. The van der Waals surface area contributed by atoms with Crippen molar-refractivity contribution in [3.8, 4) is 11.5 Å². The molecule has 1 aromatic heterocycles. The smallest absolute Gasteiger partial charge is 0.156 e. The van der Waals surface area contributed by atoms with Gasteiger partial charge in [0.2, 0.25) is 0 Å². The number of halogens is 2. The Morgan fingerprint density at radius 1 is 1.25 bits per heavy atom. The van der Waals surface area contributed by atoms with Crippen LogP contribution in [-0.4, -0.2) is 23.7 Å². The standard InChI is InChI=1S/C18H16Cl2N2O2/c1-24-10-2-3-15-12(8-10)11-4-5-21-16(17(11)22-15)13-6-9(19)7-14(20)18(13)23/h2-3,6-8,16,21-23H,4-5H2,1H3/p+1/t16-/m0/s1. The van der Waals surface area contributed by atoms with Gasteiger partial charge in [-0.2, -0.15) is 0 Å². The Morgan fingerprint density at radius 3 is 2.88 bits per heavy atom. The number of nitrogens with one attached hydrogen (secondary N) is 1. The number of ether oxygens (including phenoxy) is 1. The van der Waals surface area contributed by atoms with Crippen LogP contribution in [0.4, 0.5) is 0 Å². The summed E-state index contributed by atoms with van der Waals surface area (Å²) in [6.07, 6.45) is 0.952. The van der Waals surface area contributed by atoms with Crippen molar-refractivity contribution in [1.82, 2.24) is 4.98 Å². The zero-order valence-corrected chi connectivity index (χ0v) is 14.6. The van der Waals surface area contributed by atoms with E-state index in [0.29, 0.717) is 5.02 Å². The van der Waals surface area contributed by atoms with Crippen LogP contribution in [0.25, 0.3) is 10.9 Å². The molecule has 0 aliphatic carbocycles. The molecule has 3 aromatic rings. The average Bonchev–Trinajstić information content (AvgIpc) is 2.96. The predicted molar refractivity (Wildman–Crippen MR) is 95.3 cm³/mol. The SMILES string of the molecule is COc1ccc2[nH]c3c(c2c1)CC[NH2+][C@H]3c1cc(Cl)cc(Cl)c1O. The van der Waals surface area contributed by atoms with E-state index < -0.39 is 0 Å². The fraction of sp³-hybridized carbons (Fsp3) is 0.222. The lowest BCUT2D eigenvalue weighted by molar-refractivity contribution is -0.690. The van der Waals surface area contributed by atoms with E-state index >= 15 is 0 Å². The molecule has 2 aromatic carbocycles. The monoisotopic (exact) mass is 363 g/mol. The number of benzene rings is 2.